The first-order valence-corrected chi connectivity index (χ1v) is 16.5. The van der Waals surface area contributed by atoms with Crippen LogP contribution in [0.3, 0.4) is 0 Å². The maximum atomic E-state index is 3.01. The summed E-state index contributed by atoms with van der Waals surface area (Å²) < 4.78 is 3.01. The zero-order valence-electron chi connectivity index (χ0n) is 22.0. The summed E-state index contributed by atoms with van der Waals surface area (Å²) in [5, 5.41) is 5.82. The Labute approximate surface area is 226 Å². The molecule has 1 aliphatic carbocycles. The predicted octanol–water partition coefficient (Wildman–Crippen LogP) is 8.13. The van der Waals surface area contributed by atoms with Gasteiger partial charge in [-0.05, 0) is 52.8 Å². The lowest BCUT2D eigenvalue weighted by Gasteiger charge is -2.46. The van der Waals surface area contributed by atoms with E-state index >= 15 is 0 Å². The van der Waals surface area contributed by atoms with Gasteiger partial charge in [0.15, 0.2) is 0 Å². The van der Waals surface area contributed by atoms with Crippen LogP contribution in [0.2, 0.25) is 0 Å². The normalized spacial score (nSPS) is 17.9. The zero-order valence-corrected chi connectivity index (χ0v) is 23.8. The Hall–Kier alpha value is -2.30. The van der Waals surface area contributed by atoms with Crippen molar-refractivity contribution >= 4 is 37.4 Å². The van der Waals surface area contributed by atoms with Crippen molar-refractivity contribution < 1.29 is 0 Å². The molecule has 0 radical (unpaired) electrons. The molecule has 37 heavy (non-hydrogen) atoms. The third-order valence-electron chi connectivity index (χ3n) is 7.52. The van der Waals surface area contributed by atoms with Gasteiger partial charge in [-0.25, -0.2) is 4.44 Å². The highest BCUT2D eigenvalue weighted by Crippen LogP contribution is 2.58. The van der Waals surface area contributed by atoms with Gasteiger partial charge in [0.1, 0.15) is 0 Å². The molecule has 4 aromatic rings. The van der Waals surface area contributed by atoms with E-state index in [0.717, 1.165) is 5.92 Å². The summed E-state index contributed by atoms with van der Waals surface area (Å²) >= 11 is 0. The number of unbranched alkanes of at least 4 members (excludes halogenated alkanes) is 1. The molecule has 0 aliphatic heterocycles. The van der Waals surface area contributed by atoms with Crippen LogP contribution in [0.25, 0.3) is 0 Å². The Bertz CT molecular complexity index is 1010. The van der Waals surface area contributed by atoms with Gasteiger partial charge in [0, 0.05) is 22.2 Å². The number of benzene rings is 4. The van der Waals surface area contributed by atoms with Gasteiger partial charge in [-0.1, -0.05) is 148 Å². The van der Waals surface area contributed by atoms with Gasteiger partial charge in [-0.3, -0.25) is 0 Å². The summed E-state index contributed by atoms with van der Waals surface area (Å²) in [6, 6.07) is 45.9. The summed E-state index contributed by atoms with van der Waals surface area (Å²) in [5.74, 6) is 0.900. The van der Waals surface area contributed by atoms with Crippen LogP contribution in [-0.2, 0) is 0 Å². The molecule has 0 unspecified atom stereocenters. The monoisotopic (exact) mass is 523 g/mol. The van der Waals surface area contributed by atoms with E-state index in [9.17, 15) is 0 Å². The van der Waals surface area contributed by atoms with Gasteiger partial charge in [0.2, 0.25) is 0 Å². The van der Waals surface area contributed by atoms with Crippen LogP contribution in [0.1, 0.15) is 51.9 Å². The molecule has 0 heterocycles. The molecule has 3 heteroatoms. The summed E-state index contributed by atoms with van der Waals surface area (Å²) in [4.78, 5) is 0. The first-order chi connectivity index (χ1) is 18.3. The molecule has 0 atom stereocenters. The van der Waals surface area contributed by atoms with Crippen LogP contribution in [0.4, 0.5) is 0 Å². The lowest BCUT2D eigenvalue weighted by molar-refractivity contribution is 0.264. The fourth-order valence-corrected chi connectivity index (χ4v) is 12.1. The second kappa shape index (κ2) is 13.5. The maximum Gasteiger partial charge on any atom is 0.0325 e. The number of rotatable bonds is 10. The summed E-state index contributed by atoms with van der Waals surface area (Å²) in [6.45, 7) is 2.33. The quantitative estimate of drug-likeness (QED) is 0.190. The Morgan fingerprint density at radius 3 is 1.22 bits per heavy atom. The maximum absolute atomic E-state index is 3.01. The Kier molecular flexibility index (Phi) is 9.59. The summed E-state index contributed by atoms with van der Waals surface area (Å²) in [5.41, 5.74) is 0. The average Bonchev–Trinajstić information content (AvgIpc) is 2.98. The molecule has 1 saturated carbocycles. The molecule has 1 nitrogen and oxygen atoms in total. The fraction of sp³-hybridized carbons (Fsp3) is 0.294. The van der Waals surface area contributed by atoms with Crippen molar-refractivity contribution in [3.63, 3.8) is 0 Å². The van der Waals surface area contributed by atoms with Gasteiger partial charge in [0.05, 0.1) is 0 Å². The second-order valence-electron chi connectivity index (χ2n) is 10.1. The van der Waals surface area contributed by atoms with Crippen molar-refractivity contribution in [2.75, 3.05) is 0 Å². The van der Waals surface area contributed by atoms with Crippen molar-refractivity contribution in [1.82, 2.24) is 4.44 Å². The lowest BCUT2D eigenvalue weighted by atomic mass is 9.83. The molecule has 0 saturated heterocycles. The van der Waals surface area contributed by atoms with Crippen LogP contribution in [0.15, 0.2) is 121 Å². The average molecular weight is 524 g/mol. The number of hydrogen-bond acceptors (Lipinski definition) is 1. The van der Waals surface area contributed by atoms with Crippen molar-refractivity contribution in [3.05, 3.63) is 121 Å². The third kappa shape index (κ3) is 6.59. The van der Waals surface area contributed by atoms with E-state index in [-0.39, 0.29) is 0 Å². The molecule has 0 bridgehead atoms. The Balaban J connectivity index is 1.63. The summed E-state index contributed by atoms with van der Waals surface area (Å²) in [6.07, 6.45) is 9.41. The zero-order chi connectivity index (χ0) is 25.3. The van der Waals surface area contributed by atoms with Crippen molar-refractivity contribution in [1.29, 1.82) is 0 Å². The van der Waals surface area contributed by atoms with Crippen LogP contribution < -0.4 is 21.2 Å². The van der Waals surface area contributed by atoms with E-state index < -0.39 is 16.1 Å². The molecule has 190 valence electrons. The van der Waals surface area contributed by atoms with E-state index in [1.807, 2.05) is 0 Å². The first kappa shape index (κ1) is 26.3. The highest BCUT2D eigenvalue weighted by molar-refractivity contribution is 7.84. The van der Waals surface area contributed by atoms with Crippen LogP contribution in [-0.4, -0.2) is 10.5 Å². The van der Waals surface area contributed by atoms with Crippen LogP contribution in [0.5, 0.6) is 0 Å². The molecule has 1 fully saturated rings. The minimum Gasteiger partial charge on any atom is -0.242 e. The van der Waals surface area contributed by atoms with Gasteiger partial charge in [0.25, 0.3) is 0 Å². The smallest absolute Gasteiger partial charge is 0.0325 e. The lowest BCUT2D eigenvalue weighted by Crippen LogP contribution is -2.40. The molecule has 0 N–H and O–H groups in total. The largest absolute Gasteiger partial charge is 0.242 e. The van der Waals surface area contributed by atoms with Gasteiger partial charge in [-0.2, -0.15) is 0 Å². The minimum atomic E-state index is -0.687. The number of nitrogens with zero attached hydrogens (tertiary/aromatic N) is 1. The van der Waals surface area contributed by atoms with Crippen molar-refractivity contribution in [2.24, 2.45) is 5.92 Å². The van der Waals surface area contributed by atoms with E-state index in [0.29, 0.717) is 6.04 Å². The van der Waals surface area contributed by atoms with Crippen LogP contribution >= 0.6 is 16.1 Å². The van der Waals surface area contributed by atoms with Crippen molar-refractivity contribution in [2.45, 2.75) is 57.9 Å². The molecular formula is C34H39NP2. The third-order valence-corrected chi connectivity index (χ3v) is 13.2. The van der Waals surface area contributed by atoms with Gasteiger partial charge >= 0.3 is 0 Å². The van der Waals surface area contributed by atoms with E-state index in [2.05, 4.69) is 133 Å². The van der Waals surface area contributed by atoms with E-state index in [4.69, 9.17) is 0 Å². The topological polar surface area (TPSA) is 3.24 Å². The highest BCUT2D eigenvalue weighted by Gasteiger charge is 2.38. The standard InChI is InChI=1S/C34H39NP2/c1-2-3-16-29-25-27-30(28-26-29)35(36(31-17-8-4-9-18-31)32-19-10-5-11-20-32)37(33-21-12-6-13-22-33)34-23-14-7-15-24-34/h4-15,17-24,29-30H,2-3,16,25-28H2,1H3. The molecule has 1 aliphatic rings. The van der Waals surface area contributed by atoms with E-state index in [1.54, 1.807) is 0 Å². The Morgan fingerprint density at radius 1 is 0.541 bits per heavy atom. The minimum absolute atomic E-state index is 0.580. The van der Waals surface area contributed by atoms with Crippen LogP contribution in [0, 0.1) is 5.92 Å². The SMILES string of the molecule is CCCCC1CCC(N(P(c2ccccc2)c2ccccc2)P(c2ccccc2)c2ccccc2)CC1. The van der Waals surface area contributed by atoms with Gasteiger partial charge < -0.3 is 0 Å². The van der Waals surface area contributed by atoms with Gasteiger partial charge in [-0.15, -0.1) is 0 Å². The number of hydrogen-bond donors (Lipinski definition) is 0. The second-order valence-corrected chi connectivity index (χ2v) is 14.6. The molecule has 5 rings (SSSR count). The first-order valence-electron chi connectivity index (χ1n) is 13.9. The molecule has 0 aromatic heterocycles. The Morgan fingerprint density at radius 2 is 0.892 bits per heavy atom. The molecule has 4 aromatic carbocycles. The molecular weight excluding hydrogens is 484 g/mol. The molecule has 0 spiro atoms. The summed E-state index contributed by atoms with van der Waals surface area (Å²) in [7, 11) is -1.37. The fourth-order valence-electron chi connectivity index (χ4n) is 5.62. The molecule has 0 amide bonds. The van der Waals surface area contributed by atoms with Crippen molar-refractivity contribution in [3.8, 4) is 0 Å². The predicted molar refractivity (Wildman–Crippen MR) is 165 cm³/mol. The van der Waals surface area contributed by atoms with E-state index in [1.165, 1.54) is 66.2 Å². The highest BCUT2D eigenvalue weighted by atomic mass is 31.2.